The van der Waals surface area contributed by atoms with Gasteiger partial charge in [-0.15, -0.1) is 11.8 Å². The number of hydrogen-bond acceptors (Lipinski definition) is 3. The fourth-order valence-corrected chi connectivity index (χ4v) is 2.60. The highest BCUT2D eigenvalue weighted by Gasteiger charge is 2.15. The van der Waals surface area contributed by atoms with Gasteiger partial charge in [-0.25, -0.2) is 4.98 Å². The number of aromatic nitrogens is 3. The molecule has 0 radical (unpaired) electrons. The standard InChI is InChI=1S/C10H9Cl2N3S/c1-15-10(16-2)8(12)9(14-15)6-3-4-7(11)13-5-6/h3-5H,1-2H3. The highest BCUT2D eigenvalue weighted by molar-refractivity contribution is 7.98. The molecule has 0 N–H and O–H groups in total. The van der Waals surface area contributed by atoms with Crippen LogP contribution in [-0.4, -0.2) is 21.0 Å². The van der Waals surface area contributed by atoms with E-state index in [1.807, 2.05) is 19.4 Å². The summed E-state index contributed by atoms with van der Waals surface area (Å²) in [4.78, 5) is 4.01. The molecule has 0 amide bonds. The first kappa shape index (κ1) is 11.8. The molecule has 0 fully saturated rings. The van der Waals surface area contributed by atoms with Gasteiger partial charge in [-0.3, -0.25) is 4.68 Å². The second kappa shape index (κ2) is 4.65. The molecule has 0 unspecified atom stereocenters. The Hall–Kier alpha value is -0.710. The molecule has 0 aliphatic heterocycles. The molecule has 6 heteroatoms. The molecular formula is C10H9Cl2N3S. The SMILES string of the molecule is CSc1c(Cl)c(-c2ccc(Cl)nc2)nn1C. The van der Waals surface area contributed by atoms with Crippen molar-refractivity contribution in [3.8, 4) is 11.3 Å². The summed E-state index contributed by atoms with van der Waals surface area (Å²) < 4.78 is 1.76. The number of halogens is 2. The van der Waals surface area contributed by atoms with Crippen molar-refractivity contribution < 1.29 is 0 Å². The van der Waals surface area contributed by atoms with Gasteiger partial charge in [0, 0.05) is 18.8 Å². The maximum atomic E-state index is 6.24. The van der Waals surface area contributed by atoms with Gasteiger partial charge in [0.05, 0.1) is 0 Å². The monoisotopic (exact) mass is 273 g/mol. The number of hydrogen-bond donors (Lipinski definition) is 0. The van der Waals surface area contributed by atoms with Crippen LogP contribution in [0.4, 0.5) is 0 Å². The average Bonchev–Trinajstić information content (AvgIpc) is 2.55. The number of aryl methyl sites for hydroxylation is 1. The molecule has 2 aromatic rings. The summed E-state index contributed by atoms with van der Waals surface area (Å²) in [5.74, 6) is 0. The van der Waals surface area contributed by atoms with Crippen LogP contribution in [0.5, 0.6) is 0 Å². The molecule has 0 bridgehead atoms. The van der Waals surface area contributed by atoms with Crippen LogP contribution in [0.25, 0.3) is 11.3 Å². The lowest BCUT2D eigenvalue weighted by Crippen LogP contribution is -1.91. The first-order valence-corrected chi connectivity index (χ1v) is 6.50. The van der Waals surface area contributed by atoms with Crippen LogP contribution in [-0.2, 0) is 7.05 Å². The van der Waals surface area contributed by atoms with E-state index in [1.165, 1.54) is 0 Å². The summed E-state index contributed by atoms with van der Waals surface area (Å²) in [6.45, 7) is 0. The van der Waals surface area contributed by atoms with Gasteiger partial charge >= 0.3 is 0 Å². The number of pyridine rings is 1. The van der Waals surface area contributed by atoms with Crippen LogP contribution in [0.1, 0.15) is 0 Å². The van der Waals surface area contributed by atoms with Gasteiger partial charge in [0.1, 0.15) is 20.9 Å². The molecule has 2 rings (SSSR count). The van der Waals surface area contributed by atoms with Crippen LogP contribution in [0, 0.1) is 0 Å². The fourth-order valence-electron chi connectivity index (χ4n) is 1.40. The quantitative estimate of drug-likeness (QED) is 0.620. The third kappa shape index (κ3) is 2.05. The number of thioether (sulfide) groups is 1. The molecule has 2 heterocycles. The topological polar surface area (TPSA) is 30.7 Å². The summed E-state index contributed by atoms with van der Waals surface area (Å²) in [5, 5.41) is 6.41. The first-order valence-electron chi connectivity index (χ1n) is 4.52. The van der Waals surface area contributed by atoms with Gasteiger partial charge < -0.3 is 0 Å². The minimum Gasteiger partial charge on any atom is -0.260 e. The van der Waals surface area contributed by atoms with Crippen molar-refractivity contribution in [3.63, 3.8) is 0 Å². The molecule has 0 aliphatic rings. The zero-order valence-corrected chi connectivity index (χ0v) is 11.1. The summed E-state index contributed by atoms with van der Waals surface area (Å²) in [6, 6.07) is 3.58. The van der Waals surface area contributed by atoms with Gasteiger partial charge in [-0.1, -0.05) is 23.2 Å². The zero-order valence-electron chi connectivity index (χ0n) is 8.74. The maximum Gasteiger partial charge on any atom is 0.129 e. The van der Waals surface area contributed by atoms with Crippen molar-refractivity contribution >= 4 is 35.0 Å². The van der Waals surface area contributed by atoms with E-state index in [1.54, 1.807) is 28.7 Å². The predicted molar refractivity (Wildman–Crippen MR) is 68.2 cm³/mol. The molecule has 0 saturated carbocycles. The molecule has 0 aromatic carbocycles. The van der Waals surface area contributed by atoms with Crippen LogP contribution in [0.15, 0.2) is 23.4 Å². The van der Waals surface area contributed by atoms with E-state index >= 15 is 0 Å². The van der Waals surface area contributed by atoms with Crippen LogP contribution in [0.3, 0.4) is 0 Å². The summed E-state index contributed by atoms with van der Waals surface area (Å²) >= 11 is 13.5. The first-order chi connectivity index (χ1) is 7.63. The Balaban J connectivity index is 2.52. The third-order valence-electron chi connectivity index (χ3n) is 2.13. The van der Waals surface area contributed by atoms with Gasteiger partial charge in [0.2, 0.25) is 0 Å². The molecule has 0 aliphatic carbocycles. The Kier molecular flexibility index (Phi) is 3.42. The minimum atomic E-state index is 0.459. The van der Waals surface area contributed by atoms with Crippen molar-refractivity contribution in [1.29, 1.82) is 0 Å². The molecule has 0 atom stereocenters. The second-order valence-electron chi connectivity index (χ2n) is 3.17. The average molecular weight is 274 g/mol. The Morgan fingerprint density at radius 2 is 2.06 bits per heavy atom. The van der Waals surface area contributed by atoms with Gasteiger partial charge in [0.15, 0.2) is 0 Å². The second-order valence-corrected chi connectivity index (χ2v) is 4.73. The number of rotatable bonds is 2. The lowest BCUT2D eigenvalue weighted by molar-refractivity contribution is 0.702. The van der Waals surface area contributed by atoms with Gasteiger partial charge in [-0.2, -0.15) is 5.10 Å². The van der Waals surface area contributed by atoms with E-state index in [9.17, 15) is 0 Å². The zero-order chi connectivity index (χ0) is 11.7. The van der Waals surface area contributed by atoms with Crippen molar-refractivity contribution in [3.05, 3.63) is 28.5 Å². The van der Waals surface area contributed by atoms with Gasteiger partial charge in [-0.05, 0) is 18.4 Å². The Bertz CT molecular complexity index is 508. The Labute approximate surface area is 108 Å². The van der Waals surface area contributed by atoms with Crippen molar-refractivity contribution in [2.24, 2.45) is 7.05 Å². The van der Waals surface area contributed by atoms with E-state index in [-0.39, 0.29) is 0 Å². The molecule has 2 aromatic heterocycles. The third-order valence-corrected chi connectivity index (χ3v) is 3.68. The lowest BCUT2D eigenvalue weighted by Gasteiger charge is -1.96. The highest BCUT2D eigenvalue weighted by atomic mass is 35.5. The van der Waals surface area contributed by atoms with Crippen LogP contribution >= 0.6 is 35.0 Å². The summed E-state index contributed by atoms with van der Waals surface area (Å²) in [6.07, 6.45) is 3.63. The predicted octanol–water partition coefficient (Wildman–Crippen LogP) is 3.51. The van der Waals surface area contributed by atoms with Crippen molar-refractivity contribution in [2.75, 3.05) is 6.26 Å². The molecule has 0 spiro atoms. The Morgan fingerprint density at radius 1 is 1.31 bits per heavy atom. The molecule has 3 nitrogen and oxygen atoms in total. The molecule has 0 saturated heterocycles. The van der Waals surface area contributed by atoms with E-state index in [2.05, 4.69) is 10.1 Å². The smallest absolute Gasteiger partial charge is 0.129 e. The van der Waals surface area contributed by atoms with Gasteiger partial charge in [0.25, 0.3) is 0 Å². The van der Waals surface area contributed by atoms with E-state index in [0.29, 0.717) is 10.2 Å². The summed E-state index contributed by atoms with van der Waals surface area (Å²) in [5.41, 5.74) is 1.60. The van der Waals surface area contributed by atoms with Crippen LogP contribution in [0.2, 0.25) is 10.2 Å². The van der Waals surface area contributed by atoms with E-state index in [4.69, 9.17) is 23.2 Å². The maximum absolute atomic E-state index is 6.24. The molecule has 16 heavy (non-hydrogen) atoms. The molecular weight excluding hydrogens is 265 g/mol. The van der Waals surface area contributed by atoms with Crippen molar-refractivity contribution in [2.45, 2.75) is 5.03 Å². The summed E-state index contributed by atoms with van der Waals surface area (Å²) in [7, 11) is 1.87. The molecule has 84 valence electrons. The Morgan fingerprint density at radius 3 is 2.56 bits per heavy atom. The normalized spacial score (nSPS) is 10.8. The minimum absolute atomic E-state index is 0.459. The lowest BCUT2D eigenvalue weighted by atomic mass is 10.2. The van der Waals surface area contributed by atoms with Crippen LogP contribution < -0.4 is 0 Å². The fraction of sp³-hybridized carbons (Fsp3) is 0.200. The van der Waals surface area contributed by atoms with E-state index < -0.39 is 0 Å². The van der Waals surface area contributed by atoms with E-state index in [0.717, 1.165) is 16.3 Å². The largest absolute Gasteiger partial charge is 0.260 e. The van der Waals surface area contributed by atoms with Crippen molar-refractivity contribution in [1.82, 2.24) is 14.8 Å². The highest BCUT2D eigenvalue weighted by Crippen LogP contribution is 2.34. The number of nitrogens with zero attached hydrogens (tertiary/aromatic N) is 3.